The summed E-state index contributed by atoms with van der Waals surface area (Å²) in [6.45, 7) is 3.10. The maximum absolute atomic E-state index is 9.00. The van der Waals surface area contributed by atoms with Crippen molar-refractivity contribution in [2.24, 2.45) is 0 Å². The summed E-state index contributed by atoms with van der Waals surface area (Å²) in [6, 6.07) is 10.3. The second-order valence-corrected chi connectivity index (χ2v) is 2.43. The lowest BCUT2D eigenvalue weighted by Crippen LogP contribution is -1.78. The Labute approximate surface area is 78.5 Å². The fraction of sp³-hybridized carbons (Fsp3) is 0.182. The van der Waals surface area contributed by atoms with Gasteiger partial charge in [0.2, 0.25) is 0 Å². The van der Waals surface area contributed by atoms with Crippen LogP contribution in [0, 0.1) is 0 Å². The van der Waals surface area contributed by atoms with Gasteiger partial charge in [0.15, 0.2) is 0 Å². The normalized spacial score (nSPS) is 9.08. The molecule has 0 aliphatic rings. The molecule has 2 heteroatoms. The second kappa shape index (κ2) is 7.10. The molecule has 1 N–H and O–H groups in total. The lowest BCUT2D eigenvalue weighted by Gasteiger charge is -1.86. The molecule has 0 unspecified atom stereocenters. The average molecular weight is 178 g/mol. The number of carbonyl (C=O) groups is 1. The van der Waals surface area contributed by atoms with Crippen molar-refractivity contribution in [3.05, 3.63) is 42.0 Å². The van der Waals surface area contributed by atoms with E-state index < -0.39 is 5.97 Å². The number of carboxylic acids is 1. The molecule has 0 saturated heterocycles. The molecule has 0 fully saturated rings. The van der Waals surface area contributed by atoms with Gasteiger partial charge in [-0.05, 0) is 12.5 Å². The van der Waals surface area contributed by atoms with Crippen molar-refractivity contribution in [1.82, 2.24) is 0 Å². The van der Waals surface area contributed by atoms with Crippen LogP contribution in [0.5, 0.6) is 0 Å². The Morgan fingerprint density at radius 3 is 2.15 bits per heavy atom. The summed E-state index contributed by atoms with van der Waals surface area (Å²) in [5, 5.41) is 7.42. The minimum atomic E-state index is -0.833. The third-order valence-electron chi connectivity index (χ3n) is 1.16. The molecule has 1 aromatic rings. The Balaban J connectivity index is 0.000000310. The van der Waals surface area contributed by atoms with Crippen molar-refractivity contribution >= 4 is 12.0 Å². The minimum absolute atomic E-state index is 0.833. The van der Waals surface area contributed by atoms with Gasteiger partial charge in [-0.15, -0.1) is 0 Å². The Morgan fingerprint density at radius 1 is 1.31 bits per heavy atom. The zero-order chi connectivity index (χ0) is 10.1. The Kier molecular flexibility index (Phi) is 6.24. The van der Waals surface area contributed by atoms with Crippen LogP contribution in [0.2, 0.25) is 0 Å². The van der Waals surface area contributed by atoms with Crippen molar-refractivity contribution in [2.75, 3.05) is 0 Å². The van der Waals surface area contributed by atoms with Crippen LogP contribution in [0.4, 0.5) is 0 Å². The summed E-state index contributed by atoms with van der Waals surface area (Å²) in [6.07, 6.45) is 4.12. The summed E-state index contributed by atoms with van der Waals surface area (Å²) >= 11 is 0. The van der Waals surface area contributed by atoms with E-state index in [9.17, 15) is 0 Å². The molecule has 0 aromatic heterocycles. The van der Waals surface area contributed by atoms with Crippen LogP contribution in [0.25, 0.3) is 6.08 Å². The molecule has 0 radical (unpaired) electrons. The van der Waals surface area contributed by atoms with E-state index in [0.29, 0.717) is 0 Å². The van der Waals surface area contributed by atoms with Gasteiger partial charge in [0, 0.05) is 6.92 Å². The quantitative estimate of drug-likeness (QED) is 0.718. The summed E-state index contributed by atoms with van der Waals surface area (Å²) in [4.78, 5) is 9.00. The number of benzene rings is 1. The molecular weight excluding hydrogens is 164 g/mol. The third-order valence-corrected chi connectivity index (χ3v) is 1.16. The van der Waals surface area contributed by atoms with Crippen molar-refractivity contribution in [3.8, 4) is 0 Å². The molecule has 0 heterocycles. The number of aliphatic carboxylic acids is 1. The van der Waals surface area contributed by atoms with E-state index in [1.807, 2.05) is 31.2 Å². The number of allylic oxidation sites excluding steroid dienone is 1. The van der Waals surface area contributed by atoms with Gasteiger partial charge < -0.3 is 5.11 Å². The second-order valence-electron chi connectivity index (χ2n) is 2.43. The maximum atomic E-state index is 9.00. The number of hydrogen-bond acceptors (Lipinski definition) is 1. The third kappa shape index (κ3) is 8.34. The molecule has 2 nitrogen and oxygen atoms in total. The van der Waals surface area contributed by atoms with Crippen molar-refractivity contribution in [1.29, 1.82) is 0 Å². The van der Waals surface area contributed by atoms with Gasteiger partial charge in [-0.1, -0.05) is 42.5 Å². The molecule has 0 aliphatic carbocycles. The molecule has 1 aromatic carbocycles. The van der Waals surface area contributed by atoms with Gasteiger partial charge in [0.05, 0.1) is 0 Å². The number of rotatable bonds is 1. The van der Waals surface area contributed by atoms with Crippen LogP contribution in [0.3, 0.4) is 0 Å². The van der Waals surface area contributed by atoms with E-state index in [1.165, 1.54) is 5.56 Å². The summed E-state index contributed by atoms with van der Waals surface area (Å²) in [7, 11) is 0. The predicted molar refractivity (Wildman–Crippen MR) is 54.5 cm³/mol. The lowest BCUT2D eigenvalue weighted by molar-refractivity contribution is -0.134. The Morgan fingerprint density at radius 2 is 1.77 bits per heavy atom. The summed E-state index contributed by atoms with van der Waals surface area (Å²) in [5.74, 6) is -0.833. The Hall–Kier alpha value is -1.57. The molecule has 0 spiro atoms. The SMILES string of the molecule is C/C=C\c1ccccc1.CC(=O)O. The summed E-state index contributed by atoms with van der Waals surface area (Å²) < 4.78 is 0. The Bertz CT molecular complexity index is 259. The highest BCUT2D eigenvalue weighted by Gasteiger charge is 1.77. The molecule has 0 aliphatic heterocycles. The van der Waals surface area contributed by atoms with Crippen molar-refractivity contribution in [2.45, 2.75) is 13.8 Å². The summed E-state index contributed by atoms with van der Waals surface area (Å²) in [5.41, 5.74) is 1.26. The monoisotopic (exact) mass is 178 g/mol. The zero-order valence-corrected chi connectivity index (χ0v) is 7.90. The van der Waals surface area contributed by atoms with Crippen LogP contribution in [0.1, 0.15) is 19.4 Å². The van der Waals surface area contributed by atoms with E-state index in [1.54, 1.807) is 0 Å². The average Bonchev–Trinajstić information content (AvgIpc) is 2.06. The molecule has 70 valence electrons. The van der Waals surface area contributed by atoms with Crippen LogP contribution >= 0.6 is 0 Å². The predicted octanol–water partition coefficient (Wildman–Crippen LogP) is 2.81. The van der Waals surface area contributed by atoms with E-state index in [0.717, 1.165) is 6.92 Å². The first-order valence-corrected chi connectivity index (χ1v) is 4.04. The fourth-order valence-corrected chi connectivity index (χ4v) is 0.757. The minimum Gasteiger partial charge on any atom is -0.481 e. The van der Waals surface area contributed by atoms with Gasteiger partial charge in [0.25, 0.3) is 5.97 Å². The number of carboxylic acid groups (broad SMARTS) is 1. The van der Waals surface area contributed by atoms with Gasteiger partial charge in [-0.25, -0.2) is 0 Å². The van der Waals surface area contributed by atoms with E-state index in [2.05, 4.69) is 18.2 Å². The molecule has 13 heavy (non-hydrogen) atoms. The first-order chi connectivity index (χ1) is 6.16. The maximum Gasteiger partial charge on any atom is 0.300 e. The number of hydrogen-bond donors (Lipinski definition) is 1. The van der Waals surface area contributed by atoms with E-state index in [4.69, 9.17) is 9.90 Å². The topological polar surface area (TPSA) is 37.3 Å². The highest BCUT2D eigenvalue weighted by atomic mass is 16.4. The first-order valence-electron chi connectivity index (χ1n) is 4.04. The van der Waals surface area contributed by atoms with E-state index >= 15 is 0 Å². The lowest BCUT2D eigenvalue weighted by atomic mass is 10.2. The van der Waals surface area contributed by atoms with Gasteiger partial charge in [-0.2, -0.15) is 0 Å². The van der Waals surface area contributed by atoms with Crippen molar-refractivity contribution < 1.29 is 9.90 Å². The highest BCUT2D eigenvalue weighted by molar-refractivity contribution is 5.62. The van der Waals surface area contributed by atoms with Crippen LogP contribution in [-0.2, 0) is 4.79 Å². The zero-order valence-electron chi connectivity index (χ0n) is 7.90. The van der Waals surface area contributed by atoms with Gasteiger partial charge in [0.1, 0.15) is 0 Å². The smallest absolute Gasteiger partial charge is 0.300 e. The highest BCUT2D eigenvalue weighted by Crippen LogP contribution is 1.99. The van der Waals surface area contributed by atoms with Gasteiger partial charge >= 0.3 is 0 Å². The molecule has 0 saturated carbocycles. The van der Waals surface area contributed by atoms with Crippen LogP contribution in [0.15, 0.2) is 36.4 Å². The first kappa shape index (κ1) is 11.4. The largest absolute Gasteiger partial charge is 0.481 e. The molecule has 0 bridgehead atoms. The molecule has 0 atom stereocenters. The van der Waals surface area contributed by atoms with Crippen molar-refractivity contribution in [3.63, 3.8) is 0 Å². The van der Waals surface area contributed by atoms with Crippen LogP contribution < -0.4 is 0 Å². The van der Waals surface area contributed by atoms with Gasteiger partial charge in [-0.3, -0.25) is 4.79 Å². The molecule has 0 amide bonds. The molecular formula is C11H14O2. The standard InChI is InChI=1S/C9H10.C2H4O2/c1-2-6-9-7-4-3-5-8-9;1-2(3)4/h2-8H,1H3;1H3,(H,3,4)/b6-2-;. The van der Waals surface area contributed by atoms with Crippen LogP contribution in [-0.4, -0.2) is 11.1 Å². The fourth-order valence-electron chi connectivity index (χ4n) is 0.757. The molecule has 1 rings (SSSR count). The van der Waals surface area contributed by atoms with E-state index in [-0.39, 0.29) is 0 Å².